The van der Waals surface area contributed by atoms with Crippen LogP contribution >= 0.6 is 12.2 Å². The van der Waals surface area contributed by atoms with Crippen LogP contribution < -0.4 is 0 Å². The van der Waals surface area contributed by atoms with Gasteiger partial charge in [-0.1, -0.05) is 6.58 Å². The first kappa shape index (κ1) is 8.66. The summed E-state index contributed by atoms with van der Waals surface area (Å²) < 4.78 is 4.83. The molecule has 0 aliphatic carbocycles. The summed E-state index contributed by atoms with van der Waals surface area (Å²) in [5.74, 6) is -0.841. The lowest BCUT2D eigenvalue weighted by atomic mass is 10.2. The first-order chi connectivity index (χ1) is 5.59. The number of carboxylic acids is 1. The first-order valence-electron chi connectivity index (χ1n) is 3.05. The van der Waals surface area contributed by atoms with Crippen LogP contribution in [0.1, 0.15) is 5.89 Å². The third kappa shape index (κ3) is 2.03. The van der Waals surface area contributed by atoms with Crippen molar-refractivity contribution in [3.05, 3.63) is 22.9 Å². The quantitative estimate of drug-likeness (QED) is 0.542. The topological polar surface area (TPSA) is 79.1 Å². The van der Waals surface area contributed by atoms with E-state index in [1.807, 2.05) is 0 Å². The Bertz CT molecular complexity index is 365. The van der Waals surface area contributed by atoms with Crippen molar-refractivity contribution in [2.75, 3.05) is 0 Å². The van der Waals surface area contributed by atoms with Crippen LogP contribution in [-0.2, 0) is 11.2 Å². The van der Waals surface area contributed by atoms with Crippen LogP contribution in [0.2, 0.25) is 0 Å². The van der Waals surface area contributed by atoms with E-state index in [-0.39, 0.29) is 22.7 Å². The van der Waals surface area contributed by atoms with Gasteiger partial charge in [0.25, 0.3) is 4.84 Å². The molecule has 1 aromatic rings. The van der Waals surface area contributed by atoms with Crippen molar-refractivity contribution in [1.29, 1.82) is 0 Å². The Morgan fingerprint density at radius 2 is 2.50 bits per heavy atom. The molecule has 12 heavy (non-hydrogen) atoms. The second-order valence-corrected chi connectivity index (χ2v) is 2.46. The standard InChI is InChI=1S/C6H6N2O3S/c1-3(5(9)10)2-4-7-8-6(12)11-4/h1-2H2,(H,8,12)(H,9,10). The molecule has 0 aromatic carbocycles. The number of aromatic nitrogens is 2. The van der Waals surface area contributed by atoms with E-state index >= 15 is 0 Å². The summed E-state index contributed by atoms with van der Waals surface area (Å²) in [4.78, 5) is 10.4. The number of hydrogen-bond acceptors (Lipinski definition) is 4. The van der Waals surface area contributed by atoms with Gasteiger partial charge in [-0.05, 0) is 12.2 Å². The number of carboxylic acid groups (broad SMARTS) is 1. The maximum Gasteiger partial charge on any atom is 0.331 e. The van der Waals surface area contributed by atoms with Crippen LogP contribution in [-0.4, -0.2) is 21.3 Å². The van der Waals surface area contributed by atoms with Gasteiger partial charge in [0.1, 0.15) is 0 Å². The van der Waals surface area contributed by atoms with E-state index in [9.17, 15) is 4.79 Å². The summed E-state index contributed by atoms with van der Waals surface area (Å²) in [5.41, 5.74) is 0.0141. The SMILES string of the molecule is C=C(Cc1n[nH]c(=S)o1)C(=O)O. The zero-order valence-corrected chi connectivity index (χ0v) is 6.85. The number of rotatable bonds is 3. The van der Waals surface area contributed by atoms with Gasteiger partial charge in [0.2, 0.25) is 5.89 Å². The van der Waals surface area contributed by atoms with E-state index in [0.29, 0.717) is 0 Å². The lowest BCUT2D eigenvalue weighted by Gasteiger charge is -1.92. The summed E-state index contributed by atoms with van der Waals surface area (Å²) in [6, 6.07) is 0. The molecule has 0 bridgehead atoms. The van der Waals surface area contributed by atoms with Gasteiger partial charge in [-0.25, -0.2) is 9.89 Å². The van der Waals surface area contributed by atoms with Crippen molar-refractivity contribution in [2.24, 2.45) is 0 Å². The number of H-pyrrole nitrogens is 1. The molecule has 0 unspecified atom stereocenters. The Balaban J connectivity index is 2.71. The lowest BCUT2D eigenvalue weighted by Crippen LogP contribution is -2.02. The van der Waals surface area contributed by atoms with Crippen LogP contribution in [0.4, 0.5) is 0 Å². The Morgan fingerprint density at radius 3 is 2.92 bits per heavy atom. The van der Waals surface area contributed by atoms with Gasteiger partial charge in [-0.2, -0.15) is 0 Å². The van der Waals surface area contributed by atoms with E-state index in [1.54, 1.807) is 0 Å². The molecule has 0 saturated heterocycles. The highest BCUT2D eigenvalue weighted by molar-refractivity contribution is 7.71. The Kier molecular flexibility index (Phi) is 2.39. The molecule has 0 radical (unpaired) electrons. The number of nitrogens with one attached hydrogen (secondary N) is 1. The van der Waals surface area contributed by atoms with Gasteiger partial charge in [0, 0.05) is 5.57 Å². The Hall–Kier alpha value is -1.43. The van der Waals surface area contributed by atoms with E-state index < -0.39 is 5.97 Å². The molecule has 0 aliphatic rings. The molecule has 6 heteroatoms. The number of aliphatic carboxylic acids is 1. The predicted molar refractivity (Wildman–Crippen MR) is 42.2 cm³/mol. The van der Waals surface area contributed by atoms with E-state index in [4.69, 9.17) is 9.52 Å². The van der Waals surface area contributed by atoms with Crippen molar-refractivity contribution in [3.63, 3.8) is 0 Å². The van der Waals surface area contributed by atoms with Crippen molar-refractivity contribution in [1.82, 2.24) is 10.2 Å². The molecule has 1 heterocycles. The van der Waals surface area contributed by atoms with Crippen LogP contribution in [0.25, 0.3) is 0 Å². The van der Waals surface area contributed by atoms with Crippen molar-refractivity contribution >= 4 is 18.2 Å². The highest BCUT2D eigenvalue weighted by Crippen LogP contribution is 2.02. The minimum Gasteiger partial charge on any atom is -0.478 e. The monoisotopic (exact) mass is 186 g/mol. The molecule has 1 rings (SSSR count). The van der Waals surface area contributed by atoms with Gasteiger partial charge in [0.05, 0.1) is 6.42 Å². The maximum atomic E-state index is 10.3. The van der Waals surface area contributed by atoms with Crippen LogP contribution in [0.3, 0.4) is 0 Å². The highest BCUT2D eigenvalue weighted by atomic mass is 32.1. The third-order valence-corrected chi connectivity index (χ3v) is 1.32. The summed E-state index contributed by atoms with van der Waals surface area (Å²) >= 11 is 4.59. The molecular formula is C6H6N2O3S. The summed E-state index contributed by atoms with van der Waals surface area (Å²) in [6.07, 6.45) is 0.0580. The van der Waals surface area contributed by atoms with Gasteiger partial charge in [0.15, 0.2) is 0 Å². The smallest absolute Gasteiger partial charge is 0.331 e. The zero-order chi connectivity index (χ0) is 9.14. The van der Waals surface area contributed by atoms with Crippen molar-refractivity contribution in [2.45, 2.75) is 6.42 Å². The molecule has 2 N–H and O–H groups in total. The number of carbonyl (C=O) groups is 1. The third-order valence-electron chi connectivity index (χ3n) is 1.15. The van der Waals surface area contributed by atoms with E-state index in [2.05, 4.69) is 29.0 Å². The number of aromatic amines is 1. The van der Waals surface area contributed by atoms with Gasteiger partial charge in [-0.15, -0.1) is 5.10 Å². The average molecular weight is 186 g/mol. The molecule has 1 aromatic heterocycles. The highest BCUT2D eigenvalue weighted by Gasteiger charge is 2.08. The molecule has 0 aliphatic heterocycles. The summed E-state index contributed by atoms with van der Waals surface area (Å²) in [7, 11) is 0. The second-order valence-electron chi connectivity index (χ2n) is 2.09. The molecule has 0 saturated carbocycles. The molecule has 0 atom stereocenters. The predicted octanol–water partition coefficient (Wildman–Crippen LogP) is 0.915. The lowest BCUT2D eigenvalue weighted by molar-refractivity contribution is -0.132. The fourth-order valence-electron chi connectivity index (χ4n) is 0.594. The minimum atomic E-state index is -1.07. The molecule has 0 amide bonds. The van der Waals surface area contributed by atoms with Crippen LogP contribution in [0, 0.1) is 4.84 Å². The number of nitrogens with zero attached hydrogens (tertiary/aromatic N) is 1. The number of hydrogen-bond donors (Lipinski definition) is 2. The van der Waals surface area contributed by atoms with Crippen LogP contribution in [0.15, 0.2) is 16.6 Å². The zero-order valence-electron chi connectivity index (χ0n) is 6.03. The Labute approximate surface area is 72.7 Å². The molecule has 0 spiro atoms. The molecule has 5 nitrogen and oxygen atoms in total. The van der Waals surface area contributed by atoms with Crippen molar-refractivity contribution in [3.8, 4) is 0 Å². The summed E-state index contributed by atoms with van der Waals surface area (Å²) in [6.45, 7) is 3.31. The minimum absolute atomic E-state index is 0.0141. The average Bonchev–Trinajstić information content (AvgIpc) is 2.35. The van der Waals surface area contributed by atoms with Gasteiger partial charge >= 0.3 is 5.97 Å². The second kappa shape index (κ2) is 3.31. The molecule has 0 fully saturated rings. The van der Waals surface area contributed by atoms with E-state index in [0.717, 1.165) is 0 Å². The fourth-order valence-corrected chi connectivity index (χ4v) is 0.736. The largest absolute Gasteiger partial charge is 0.478 e. The Morgan fingerprint density at radius 1 is 1.83 bits per heavy atom. The fraction of sp³-hybridized carbons (Fsp3) is 0.167. The van der Waals surface area contributed by atoms with Crippen LogP contribution in [0.5, 0.6) is 0 Å². The van der Waals surface area contributed by atoms with Crippen molar-refractivity contribution < 1.29 is 14.3 Å². The molecular weight excluding hydrogens is 180 g/mol. The molecule has 64 valence electrons. The van der Waals surface area contributed by atoms with E-state index in [1.165, 1.54) is 0 Å². The maximum absolute atomic E-state index is 10.3. The van der Waals surface area contributed by atoms with Gasteiger partial charge < -0.3 is 9.52 Å². The van der Waals surface area contributed by atoms with Gasteiger partial charge in [-0.3, -0.25) is 0 Å². The normalized spacial score (nSPS) is 9.67. The summed E-state index contributed by atoms with van der Waals surface area (Å²) in [5, 5.41) is 14.4. The first-order valence-corrected chi connectivity index (χ1v) is 3.46.